The van der Waals surface area contributed by atoms with Gasteiger partial charge in [0.15, 0.2) is 0 Å². The van der Waals surface area contributed by atoms with Gasteiger partial charge in [-0.2, -0.15) is 0 Å². The minimum Gasteiger partial charge on any atom is -0.497 e. The molecule has 0 atom stereocenters. The Hall–Kier alpha value is -3.09. The van der Waals surface area contributed by atoms with Gasteiger partial charge in [0.25, 0.3) is 5.91 Å². The standard InChI is InChI=1S/C20H23N3O4/c1-20(2,3)27-19(25)22-16-9-10-21-17-15(16)12-23(18(17)24)11-13-5-7-14(26-4)8-6-13/h5-10H,11-12H2,1-4H3,(H,21,22,25). The summed E-state index contributed by atoms with van der Waals surface area (Å²) in [4.78, 5) is 30.7. The van der Waals surface area contributed by atoms with E-state index in [1.165, 1.54) is 6.20 Å². The van der Waals surface area contributed by atoms with Gasteiger partial charge in [-0.1, -0.05) is 12.1 Å². The van der Waals surface area contributed by atoms with E-state index in [1.54, 1.807) is 38.8 Å². The number of carbonyl (C=O) groups excluding carboxylic acids is 2. The van der Waals surface area contributed by atoms with E-state index in [9.17, 15) is 9.59 Å². The van der Waals surface area contributed by atoms with Gasteiger partial charge in [0.2, 0.25) is 0 Å². The zero-order valence-corrected chi connectivity index (χ0v) is 15.9. The Morgan fingerprint density at radius 3 is 2.56 bits per heavy atom. The first-order valence-corrected chi connectivity index (χ1v) is 8.67. The summed E-state index contributed by atoms with van der Waals surface area (Å²) >= 11 is 0. The van der Waals surface area contributed by atoms with Crippen molar-refractivity contribution >= 4 is 17.7 Å². The molecule has 1 N–H and O–H groups in total. The molecule has 0 aliphatic carbocycles. The van der Waals surface area contributed by atoms with Crippen molar-refractivity contribution < 1.29 is 19.1 Å². The van der Waals surface area contributed by atoms with E-state index in [2.05, 4.69) is 10.3 Å². The fourth-order valence-corrected chi connectivity index (χ4v) is 2.86. The average Bonchev–Trinajstić information content (AvgIpc) is 2.91. The van der Waals surface area contributed by atoms with Crippen molar-refractivity contribution in [2.75, 3.05) is 12.4 Å². The van der Waals surface area contributed by atoms with Crippen LogP contribution >= 0.6 is 0 Å². The normalized spacial score (nSPS) is 13.3. The van der Waals surface area contributed by atoms with Gasteiger partial charge in [-0.05, 0) is 44.5 Å². The van der Waals surface area contributed by atoms with Crippen LogP contribution in [0.25, 0.3) is 0 Å². The number of nitrogens with zero attached hydrogens (tertiary/aromatic N) is 2. The predicted octanol–water partition coefficient (Wildman–Crippen LogP) is 3.59. The molecule has 0 radical (unpaired) electrons. The number of hydrogen-bond acceptors (Lipinski definition) is 5. The molecular formula is C20H23N3O4. The first kappa shape index (κ1) is 18.7. The van der Waals surface area contributed by atoms with Gasteiger partial charge < -0.3 is 14.4 Å². The SMILES string of the molecule is COc1ccc(CN2Cc3c(NC(=O)OC(C)(C)C)ccnc3C2=O)cc1. The van der Waals surface area contributed by atoms with E-state index in [0.29, 0.717) is 30.0 Å². The summed E-state index contributed by atoms with van der Waals surface area (Å²) in [6.45, 7) is 6.21. The first-order chi connectivity index (χ1) is 12.8. The minimum absolute atomic E-state index is 0.159. The number of pyridine rings is 1. The molecule has 142 valence electrons. The molecule has 1 aromatic heterocycles. The summed E-state index contributed by atoms with van der Waals surface area (Å²) in [5.41, 5.74) is 1.98. The van der Waals surface area contributed by atoms with Crippen molar-refractivity contribution in [1.29, 1.82) is 0 Å². The number of anilines is 1. The number of amides is 2. The van der Waals surface area contributed by atoms with Gasteiger partial charge in [-0.3, -0.25) is 15.1 Å². The van der Waals surface area contributed by atoms with Crippen molar-refractivity contribution in [2.24, 2.45) is 0 Å². The number of ether oxygens (including phenoxy) is 2. The molecule has 0 saturated heterocycles. The summed E-state index contributed by atoms with van der Waals surface area (Å²) in [5.74, 6) is 0.606. The van der Waals surface area contributed by atoms with Crippen LogP contribution in [0.4, 0.5) is 10.5 Å². The molecule has 1 aliphatic rings. The van der Waals surface area contributed by atoms with Gasteiger partial charge in [-0.15, -0.1) is 0 Å². The number of hydrogen-bond donors (Lipinski definition) is 1. The Bertz CT molecular complexity index is 857. The van der Waals surface area contributed by atoms with Crippen LogP contribution in [-0.4, -0.2) is 34.6 Å². The Labute approximate surface area is 158 Å². The molecule has 0 bridgehead atoms. The molecule has 7 heteroatoms. The Morgan fingerprint density at radius 1 is 1.22 bits per heavy atom. The van der Waals surface area contributed by atoms with Gasteiger partial charge in [0.1, 0.15) is 17.0 Å². The van der Waals surface area contributed by atoms with Crippen molar-refractivity contribution in [1.82, 2.24) is 9.88 Å². The van der Waals surface area contributed by atoms with E-state index < -0.39 is 11.7 Å². The quantitative estimate of drug-likeness (QED) is 0.891. The summed E-state index contributed by atoms with van der Waals surface area (Å²) in [5, 5.41) is 2.72. The number of methoxy groups -OCH3 is 1. The van der Waals surface area contributed by atoms with E-state index in [-0.39, 0.29) is 5.91 Å². The van der Waals surface area contributed by atoms with Crippen LogP contribution in [0, 0.1) is 0 Å². The second kappa shape index (κ2) is 7.26. The van der Waals surface area contributed by atoms with Crippen molar-refractivity contribution in [3.05, 3.63) is 53.3 Å². The van der Waals surface area contributed by atoms with Crippen LogP contribution in [0.5, 0.6) is 5.75 Å². The van der Waals surface area contributed by atoms with Crippen LogP contribution in [0.2, 0.25) is 0 Å². The molecule has 2 amide bonds. The average molecular weight is 369 g/mol. The highest BCUT2D eigenvalue weighted by Crippen LogP contribution is 2.29. The second-order valence-electron chi connectivity index (χ2n) is 7.32. The molecule has 1 aliphatic heterocycles. The van der Waals surface area contributed by atoms with Crippen molar-refractivity contribution in [3.63, 3.8) is 0 Å². The molecule has 2 heterocycles. The largest absolute Gasteiger partial charge is 0.497 e. The van der Waals surface area contributed by atoms with E-state index in [0.717, 1.165) is 11.3 Å². The molecule has 3 rings (SSSR count). The maximum absolute atomic E-state index is 12.7. The fourth-order valence-electron chi connectivity index (χ4n) is 2.86. The zero-order valence-electron chi connectivity index (χ0n) is 15.9. The number of aromatic nitrogens is 1. The van der Waals surface area contributed by atoms with Crippen LogP contribution in [0.15, 0.2) is 36.5 Å². The lowest BCUT2D eigenvalue weighted by Crippen LogP contribution is -2.27. The number of nitrogens with one attached hydrogen (secondary N) is 1. The molecule has 0 unspecified atom stereocenters. The molecule has 2 aromatic rings. The number of carbonyl (C=O) groups is 2. The van der Waals surface area contributed by atoms with Crippen LogP contribution < -0.4 is 10.1 Å². The van der Waals surface area contributed by atoms with E-state index >= 15 is 0 Å². The Kier molecular flexibility index (Phi) is 5.03. The molecular weight excluding hydrogens is 346 g/mol. The predicted molar refractivity (Wildman–Crippen MR) is 101 cm³/mol. The maximum atomic E-state index is 12.7. The molecule has 0 spiro atoms. The highest BCUT2D eigenvalue weighted by molar-refractivity contribution is 5.99. The number of benzene rings is 1. The monoisotopic (exact) mass is 369 g/mol. The van der Waals surface area contributed by atoms with Gasteiger partial charge in [-0.25, -0.2) is 4.79 Å². The lowest BCUT2D eigenvalue weighted by atomic mass is 10.2. The van der Waals surface area contributed by atoms with Gasteiger partial charge in [0, 0.05) is 18.3 Å². The van der Waals surface area contributed by atoms with Crippen LogP contribution in [-0.2, 0) is 17.8 Å². The summed E-state index contributed by atoms with van der Waals surface area (Å²) in [7, 11) is 1.61. The second-order valence-corrected chi connectivity index (χ2v) is 7.32. The molecule has 0 saturated carbocycles. The highest BCUT2D eigenvalue weighted by Gasteiger charge is 2.31. The lowest BCUT2D eigenvalue weighted by Gasteiger charge is -2.20. The topological polar surface area (TPSA) is 80.8 Å². The van der Waals surface area contributed by atoms with Gasteiger partial charge >= 0.3 is 6.09 Å². The highest BCUT2D eigenvalue weighted by atomic mass is 16.6. The molecule has 1 aromatic carbocycles. The van der Waals surface area contributed by atoms with Crippen molar-refractivity contribution in [2.45, 2.75) is 39.5 Å². The molecule has 27 heavy (non-hydrogen) atoms. The fraction of sp³-hybridized carbons (Fsp3) is 0.350. The Balaban J connectivity index is 1.75. The van der Waals surface area contributed by atoms with Crippen LogP contribution in [0.1, 0.15) is 42.4 Å². The number of fused-ring (bicyclic) bond motifs is 1. The van der Waals surface area contributed by atoms with Crippen LogP contribution in [0.3, 0.4) is 0 Å². The minimum atomic E-state index is -0.601. The third-order valence-corrected chi connectivity index (χ3v) is 4.06. The van der Waals surface area contributed by atoms with E-state index in [4.69, 9.17) is 9.47 Å². The summed E-state index contributed by atoms with van der Waals surface area (Å²) < 4.78 is 10.4. The maximum Gasteiger partial charge on any atom is 0.412 e. The first-order valence-electron chi connectivity index (χ1n) is 8.67. The number of rotatable bonds is 4. The Morgan fingerprint density at radius 2 is 1.93 bits per heavy atom. The zero-order chi connectivity index (χ0) is 19.6. The molecule has 7 nitrogen and oxygen atoms in total. The third-order valence-electron chi connectivity index (χ3n) is 4.06. The smallest absolute Gasteiger partial charge is 0.412 e. The summed E-state index contributed by atoms with van der Waals surface area (Å²) in [6.07, 6.45) is 0.956. The third kappa shape index (κ3) is 4.36. The molecule has 0 fully saturated rings. The van der Waals surface area contributed by atoms with E-state index in [1.807, 2.05) is 24.3 Å². The van der Waals surface area contributed by atoms with Gasteiger partial charge in [0.05, 0.1) is 19.3 Å². The lowest BCUT2D eigenvalue weighted by molar-refractivity contribution is 0.0635. The van der Waals surface area contributed by atoms with Crippen molar-refractivity contribution in [3.8, 4) is 5.75 Å². The summed E-state index contributed by atoms with van der Waals surface area (Å²) in [6, 6.07) is 9.23.